The molecule has 1 N–H and O–H groups in total. The van der Waals surface area contributed by atoms with Gasteiger partial charge in [-0.1, -0.05) is 24.3 Å². The smallest absolute Gasteiger partial charge is 0.272 e. The number of hydrogen-bond donors (Lipinski definition) is 1. The molecule has 0 fully saturated rings. The fourth-order valence-electron chi connectivity index (χ4n) is 2.40. The molecule has 3 aromatic rings. The van der Waals surface area contributed by atoms with E-state index in [0.29, 0.717) is 17.0 Å². The van der Waals surface area contributed by atoms with Gasteiger partial charge < -0.3 is 10.2 Å². The number of carbonyl (C=O) groups is 1. The number of fused-ring (bicyclic) bond motifs is 1. The molecule has 5 nitrogen and oxygen atoms in total. The summed E-state index contributed by atoms with van der Waals surface area (Å²) in [6.45, 7) is 1.27. The molecule has 0 unspecified atom stereocenters. The lowest BCUT2D eigenvalue weighted by Crippen LogP contribution is -2.33. The number of aromatic nitrogens is 2. The summed E-state index contributed by atoms with van der Waals surface area (Å²) in [6.07, 6.45) is 1.87. The number of imidazole rings is 1. The lowest BCUT2D eigenvalue weighted by Gasteiger charge is -2.19. The van der Waals surface area contributed by atoms with E-state index < -0.39 is 0 Å². The van der Waals surface area contributed by atoms with Crippen LogP contribution in [0.1, 0.15) is 10.5 Å². The van der Waals surface area contributed by atoms with Gasteiger partial charge in [0.25, 0.3) is 5.91 Å². The molecule has 0 spiro atoms. The first kappa shape index (κ1) is 15.6. The van der Waals surface area contributed by atoms with Gasteiger partial charge in [-0.05, 0) is 40.2 Å². The molecule has 0 saturated carbocycles. The Morgan fingerprint density at radius 2 is 1.96 bits per heavy atom. The Morgan fingerprint density at radius 3 is 2.74 bits per heavy atom. The van der Waals surface area contributed by atoms with Crippen LogP contribution in [0.15, 0.2) is 59.5 Å². The standard InChI is InChI=1S/C17H17BrN4O/c1-21(13-7-3-2-4-8-13)12-10-19-16(23)15-14-9-5-6-11-22(14)17(18)20-15/h2-9,11H,10,12H2,1H3,(H,19,23). The van der Waals surface area contributed by atoms with E-state index in [9.17, 15) is 4.79 Å². The van der Waals surface area contributed by atoms with Gasteiger partial charge in [0.2, 0.25) is 0 Å². The molecule has 1 aromatic carbocycles. The van der Waals surface area contributed by atoms with Crippen molar-refractivity contribution in [2.75, 3.05) is 25.0 Å². The molecule has 1 amide bonds. The summed E-state index contributed by atoms with van der Waals surface area (Å²) in [6, 6.07) is 15.7. The molecule has 0 aliphatic heterocycles. The van der Waals surface area contributed by atoms with Gasteiger partial charge in [-0.3, -0.25) is 9.20 Å². The minimum Gasteiger partial charge on any atom is -0.373 e. The molecule has 2 heterocycles. The van der Waals surface area contributed by atoms with Crippen molar-refractivity contribution in [3.05, 3.63) is 65.2 Å². The van der Waals surface area contributed by atoms with Crippen LogP contribution in [-0.4, -0.2) is 35.4 Å². The van der Waals surface area contributed by atoms with Crippen LogP contribution in [-0.2, 0) is 0 Å². The van der Waals surface area contributed by atoms with Crippen molar-refractivity contribution in [2.45, 2.75) is 0 Å². The molecule has 0 saturated heterocycles. The molecule has 0 bridgehead atoms. The van der Waals surface area contributed by atoms with E-state index in [2.05, 4.69) is 31.1 Å². The maximum Gasteiger partial charge on any atom is 0.272 e. The summed E-state index contributed by atoms with van der Waals surface area (Å²) in [5, 5.41) is 2.93. The van der Waals surface area contributed by atoms with Gasteiger partial charge in [0.05, 0.1) is 5.52 Å². The fraction of sp³-hybridized carbons (Fsp3) is 0.176. The number of likely N-dealkylation sites (N-methyl/N-ethyl adjacent to an activating group) is 1. The summed E-state index contributed by atoms with van der Waals surface area (Å²) >= 11 is 3.37. The number of anilines is 1. The number of benzene rings is 1. The summed E-state index contributed by atoms with van der Waals surface area (Å²) in [5.41, 5.74) is 2.34. The average molecular weight is 373 g/mol. The fourth-order valence-corrected chi connectivity index (χ4v) is 2.89. The van der Waals surface area contributed by atoms with E-state index in [0.717, 1.165) is 17.7 Å². The molecule has 0 atom stereocenters. The Bertz CT molecular complexity index is 816. The topological polar surface area (TPSA) is 49.6 Å². The summed E-state index contributed by atoms with van der Waals surface area (Å²) in [5.74, 6) is -0.166. The predicted octanol–water partition coefficient (Wildman–Crippen LogP) is 2.96. The van der Waals surface area contributed by atoms with Crippen LogP contribution in [0.4, 0.5) is 5.69 Å². The third kappa shape index (κ3) is 3.37. The van der Waals surface area contributed by atoms with Gasteiger partial charge in [-0.2, -0.15) is 0 Å². The number of amides is 1. The second-order valence-electron chi connectivity index (χ2n) is 5.20. The number of nitrogens with zero attached hydrogens (tertiary/aromatic N) is 3. The molecule has 6 heteroatoms. The molecule has 0 aliphatic rings. The first-order chi connectivity index (χ1) is 11.2. The lowest BCUT2D eigenvalue weighted by molar-refractivity contribution is 0.0952. The quantitative estimate of drug-likeness (QED) is 0.748. The summed E-state index contributed by atoms with van der Waals surface area (Å²) in [4.78, 5) is 18.8. The SMILES string of the molecule is CN(CCNC(=O)c1nc(Br)n2ccccc12)c1ccccc1. The Balaban J connectivity index is 1.63. The number of halogens is 1. The van der Waals surface area contributed by atoms with Crippen molar-refractivity contribution >= 4 is 33.0 Å². The minimum absolute atomic E-state index is 0.166. The van der Waals surface area contributed by atoms with E-state index in [4.69, 9.17) is 0 Å². The number of rotatable bonds is 5. The van der Waals surface area contributed by atoms with Gasteiger partial charge >= 0.3 is 0 Å². The van der Waals surface area contributed by atoms with Gasteiger partial charge in [0.1, 0.15) is 0 Å². The zero-order chi connectivity index (χ0) is 16.2. The third-order valence-electron chi connectivity index (χ3n) is 3.65. The van der Waals surface area contributed by atoms with Crippen molar-refractivity contribution in [3.63, 3.8) is 0 Å². The van der Waals surface area contributed by atoms with E-state index in [1.165, 1.54) is 0 Å². The molecule has 0 aliphatic carbocycles. The maximum absolute atomic E-state index is 12.4. The Kier molecular flexibility index (Phi) is 4.62. The van der Waals surface area contributed by atoms with Gasteiger partial charge in [-0.15, -0.1) is 0 Å². The van der Waals surface area contributed by atoms with Crippen LogP contribution in [0.25, 0.3) is 5.52 Å². The number of para-hydroxylation sites is 1. The van der Waals surface area contributed by atoms with Gasteiger partial charge in [0.15, 0.2) is 10.4 Å². The number of hydrogen-bond acceptors (Lipinski definition) is 3. The van der Waals surface area contributed by atoms with Crippen LogP contribution in [0.2, 0.25) is 0 Å². The molecule has 2 aromatic heterocycles. The van der Waals surface area contributed by atoms with Crippen LogP contribution in [0.5, 0.6) is 0 Å². The highest BCUT2D eigenvalue weighted by Crippen LogP contribution is 2.17. The Labute approximate surface area is 143 Å². The van der Waals surface area contributed by atoms with E-state index in [-0.39, 0.29) is 5.91 Å². The third-order valence-corrected chi connectivity index (χ3v) is 4.21. The van der Waals surface area contributed by atoms with Crippen LogP contribution in [0.3, 0.4) is 0 Å². The molecule has 0 radical (unpaired) electrons. The molecular weight excluding hydrogens is 356 g/mol. The van der Waals surface area contributed by atoms with E-state index >= 15 is 0 Å². The molecule has 118 valence electrons. The second kappa shape index (κ2) is 6.83. The summed E-state index contributed by atoms with van der Waals surface area (Å²) in [7, 11) is 2.00. The number of nitrogens with one attached hydrogen (secondary N) is 1. The largest absolute Gasteiger partial charge is 0.373 e. The lowest BCUT2D eigenvalue weighted by atomic mass is 10.3. The molecule has 3 rings (SSSR count). The maximum atomic E-state index is 12.4. The number of carbonyl (C=O) groups excluding carboxylic acids is 1. The van der Waals surface area contributed by atoms with Crippen LogP contribution >= 0.6 is 15.9 Å². The van der Waals surface area contributed by atoms with Crippen LogP contribution in [0, 0.1) is 0 Å². The predicted molar refractivity (Wildman–Crippen MR) is 94.9 cm³/mol. The number of pyridine rings is 1. The first-order valence-corrected chi connectivity index (χ1v) is 8.13. The van der Waals surface area contributed by atoms with Gasteiger partial charge in [0, 0.05) is 32.0 Å². The van der Waals surface area contributed by atoms with Crippen molar-refractivity contribution in [1.82, 2.24) is 14.7 Å². The monoisotopic (exact) mass is 372 g/mol. The average Bonchev–Trinajstić information content (AvgIpc) is 2.93. The summed E-state index contributed by atoms with van der Waals surface area (Å²) < 4.78 is 2.46. The van der Waals surface area contributed by atoms with Crippen LogP contribution < -0.4 is 10.2 Å². The van der Waals surface area contributed by atoms with E-state index in [1.807, 2.05) is 66.2 Å². The second-order valence-corrected chi connectivity index (χ2v) is 5.91. The highest BCUT2D eigenvalue weighted by Gasteiger charge is 2.15. The van der Waals surface area contributed by atoms with Crippen molar-refractivity contribution in [1.29, 1.82) is 0 Å². The normalized spacial score (nSPS) is 10.7. The molecular formula is C17H17BrN4O. The van der Waals surface area contributed by atoms with Crippen molar-refractivity contribution in [2.24, 2.45) is 0 Å². The highest BCUT2D eigenvalue weighted by molar-refractivity contribution is 9.10. The zero-order valence-corrected chi connectivity index (χ0v) is 14.3. The Hall–Kier alpha value is -2.34. The van der Waals surface area contributed by atoms with E-state index in [1.54, 1.807) is 0 Å². The first-order valence-electron chi connectivity index (χ1n) is 7.34. The van der Waals surface area contributed by atoms with Crippen molar-refractivity contribution < 1.29 is 4.79 Å². The van der Waals surface area contributed by atoms with Crippen molar-refractivity contribution in [3.8, 4) is 0 Å². The van der Waals surface area contributed by atoms with Gasteiger partial charge in [-0.25, -0.2) is 4.98 Å². The minimum atomic E-state index is -0.166. The Morgan fingerprint density at radius 1 is 1.22 bits per heavy atom. The molecule has 23 heavy (non-hydrogen) atoms. The highest BCUT2D eigenvalue weighted by atomic mass is 79.9. The zero-order valence-electron chi connectivity index (χ0n) is 12.7.